The van der Waals surface area contributed by atoms with Crippen molar-refractivity contribution in [3.05, 3.63) is 34.9 Å². The maximum absolute atomic E-state index is 12.4. The Morgan fingerprint density at radius 1 is 1.33 bits per heavy atom. The van der Waals surface area contributed by atoms with E-state index in [0.717, 1.165) is 12.1 Å². The molecular weight excluding hydrogens is 273 g/mol. The minimum Gasteiger partial charge on any atom is -0.388 e. The molecule has 0 radical (unpaired) electrons. The van der Waals surface area contributed by atoms with Crippen molar-refractivity contribution >= 4 is 15.9 Å². The van der Waals surface area contributed by atoms with Gasteiger partial charge in [0.2, 0.25) is 0 Å². The summed E-state index contributed by atoms with van der Waals surface area (Å²) in [5, 5.41) is 9.65. The minimum atomic E-state index is -4.37. The van der Waals surface area contributed by atoms with Crippen molar-refractivity contribution in [3.63, 3.8) is 0 Å². The summed E-state index contributed by atoms with van der Waals surface area (Å²) in [5.74, 6) is 0. The molecule has 0 aliphatic carbocycles. The average molecular weight is 283 g/mol. The molecule has 0 heterocycles. The third-order valence-electron chi connectivity index (χ3n) is 1.96. The number of alkyl halides is 4. The average Bonchev–Trinajstić information content (AvgIpc) is 2.14. The molecule has 84 valence electrons. The van der Waals surface area contributed by atoms with E-state index >= 15 is 0 Å². The van der Waals surface area contributed by atoms with E-state index < -0.39 is 17.8 Å². The van der Waals surface area contributed by atoms with E-state index in [4.69, 9.17) is 0 Å². The molecule has 1 rings (SSSR count). The van der Waals surface area contributed by atoms with E-state index in [0.29, 0.717) is 5.56 Å². The normalized spacial score (nSPS) is 14.0. The van der Waals surface area contributed by atoms with Gasteiger partial charge in [-0.1, -0.05) is 27.6 Å². The summed E-state index contributed by atoms with van der Waals surface area (Å²) in [4.78, 5) is 0. The Morgan fingerprint density at radius 2 is 1.93 bits per heavy atom. The molecule has 0 spiro atoms. The van der Waals surface area contributed by atoms with Crippen molar-refractivity contribution in [1.29, 1.82) is 0 Å². The van der Waals surface area contributed by atoms with Crippen LogP contribution in [-0.2, 0) is 6.18 Å². The molecule has 0 aliphatic heterocycles. The van der Waals surface area contributed by atoms with Gasteiger partial charge < -0.3 is 5.11 Å². The summed E-state index contributed by atoms with van der Waals surface area (Å²) >= 11 is 3.02. The maximum atomic E-state index is 12.4. The molecule has 0 aliphatic rings. The van der Waals surface area contributed by atoms with Crippen molar-refractivity contribution in [3.8, 4) is 0 Å². The van der Waals surface area contributed by atoms with Crippen LogP contribution in [-0.4, -0.2) is 10.4 Å². The zero-order chi connectivity index (χ0) is 11.6. The van der Waals surface area contributed by atoms with E-state index in [1.165, 1.54) is 0 Å². The third-order valence-corrected chi connectivity index (χ3v) is 2.57. The van der Waals surface area contributed by atoms with Crippen molar-refractivity contribution in [2.75, 3.05) is 5.33 Å². The quantitative estimate of drug-likeness (QED) is 0.824. The number of halogens is 4. The standard InChI is InChI=1S/C10H10BrF3O/c1-6-2-7(9(15)5-11)4-8(3-6)10(12,13)14/h2-4,9,15H,5H2,1H3. The molecule has 5 heteroatoms. The van der Waals surface area contributed by atoms with Crippen LogP contribution in [0, 0.1) is 6.92 Å². The summed E-state index contributed by atoms with van der Waals surface area (Å²) < 4.78 is 37.3. The molecule has 0 saturated heterocycles. The molecule has 15 heavy (non-hydrogen) atoms. The van der Waals surface area contributed by atoms with Gasteiger partial charge in [-0.25, -0.2) is 0 Å². The molecule has 0 saturated carbocycles. The number of aliphatic hydroxyl groups excluding tert-OH is 1. The summed E-state index contributed by atoms with van der Waals surface area (Å²) in [6.07, 6.45) is -5.28. The number of aryl methyl sites for hydroxylation is 1. The first-order valence-corrected chi connectivity index (χ1v) is 5.39. The topological polar surface area (TPSA) is 20.2 Å². The Morgan fingerprint density at radius 3 is 2.40 bits per heavy atom. The minimum absolute atomic E-state index is 0.216. The van der Waals surface area contributed by atoms with Crippen molar-refractivity contribution in [1.82, 2.24) is 0 Å². The predicted octanol–water partition coefficient (Wildman–Crippen LogP) is 3.44. The molecule has 0 aromatic heterocycles. The van der Waals surface area contributed by atoms with Gasteiger partial charge in [0.25, 0.3) is 0 Å². The summed E-state index contributed by atoms with van der Waals surface area (Å²) in [5.41, 5.74) is 0.0384. The number of hydrogen-bond acceptors (Lipinski definition) is 1. The first kappa shape index (κ1) is 12.5. The van der Waals surface area contributed by atoms with Crippen molar-refractivity contribution in [2.45, 2.75) is 19.2 Å². The Kier molecular flexibility index (Phi) is 3.78. The lowest BCUT2D eigenvalue weighted by atomic mass is 10.0. The Labute approximate surface area is 94.0 Å². The zero-order valence-corrected chi connectivity index (χ0v) is 9.56. The Balaban J connectivity index is 3.17. The highest BCUT2D eigenvalue weighted by Gasteiger charge is 2.31. The number of rotatable bonds is 2. The Hall–Kier alpha value is -0.550. The van der Waals surface area contributed by atoms with Crippen molar-refractivity contribution in [2.24, 2.45) is 0 Å². The Bertz CT molecular complexity index is 349. The van der Waals surface area contributed by atoms with E-state index in [2.05, 4.69) is 15.9 Å². The van der Waals surface area contributed by atoms with Crippen LogP contribution >= 0.6 is 15.9 Å². The van der Waals surface area contributed by atoms with Crippen LogP contribution in [0.3, 0.4) is 0 Å². The fourth-order valence-electron chi connectivity index (χ4n) is 1.26. The molecule has 1 aromatic rings. The molecule has 1 atom stereocenters. The van der Waals surface area contributed by atoms with Gasteiger partial charge in [-0.3, -0.25) is 0 Å². The van der Waals surface area contributed by atoms with Gasteiger partial charge in [0.1, 0.15) is 0 Å². The highest BCUT2D eigenvalue weighted by molar-refractivity contribution is 9.09. The van der Waals surface area contributed by atoms with E-state index in [9.17, 15) is 18.3 Å². The second-order valence-corrected chi connectivity index (χ2v) is 3.95. The zero-order valence-electron chi connectivity index (χ0n) is 7.98. The van der Waals surface area contributed by atoms with Gasteiger partial charge in [-0.15, -0.1) is 0 Å². The molecule has 0 bridgehead atoms. The van der Waals surface area contributed by atoms with Crippen LogP contribution in [0.5, 0.6) is 0 Å². The summed E-state index contributed by atoms with van der Waals surface area (Å²) in [7, 11) is 0. The van der Waals surface area contributed by atoms with Gasteiger partial charge in [0.05, 0.1) is 11.7 Å². The van der Waals surface area contributed by atoms with Crippen molar-refractivity contribution < 1.29 is 18.3 Å². The molecule has 1 nitrogen and oxygen atoms in total. The van der Waals surface area contributed by atoms with Gasteiger partial charge >= 0.3 is 6.18 Å². The van der Waals surface area contributed by atoms with E-state index in [1.54, 1.807) is 13.0 Å². The van der Waals surface area contributed by atoms with E-state index in [1.807, 2.05) is 0 Å². The van der Waals surface area contributed by atoms with Gasteiger partial charge in [0.15, 0.2) is 0 Å². The van der Waals surface area contributed by atoms with Gasteiger partial charge in [0, 0.05) is 5.33 Å². The van der Waals surface area contributed by atoms with Crippen LogP contribution in [0.4, 0.5) is 13.2 Å². The third kappa shape index (κ3) is 3.21. The van der Waals surface area contributed by atoms with Crippen LogP contribution in [0.15, 0.2) is 18.2 Å². The fourth-order valence-corrected chi connectivity index (χ4v) is 1.63. The summed E-state index contributed by atoms with van der Waals surface area (Å²) in [6.45, 7) is 1.57. The van der Waals surface area contributed by atoms with Crippen LogP contribution in [0.2, 0.25) is 0 Å². The maximum Gasteiger partial charge on any atom is 0.416 e. The number of aliphatic hydroxyl groups is 1. The lowest BCUT2D eigenvalue weighted by Crippen LogP contribution is -2.08. The number of hydrogen-bond donors (Lipinski definition) is 1. The number of benzene rings is 1. The lowest BCUT2D eigenvalue weighted by Gasteiger charge is -2.13. The second-order valence-electron chi connectivity index (χ2n) is 3.30. The first-order valence-electron chi connectivity index (χ1n) is 4.27. The van der Waals surface area contributed by atoms with Gasteiger partial charge in [-0.05, 0) is 24.6 Å². The smallest absolute Gasteiger partial charge is 0.388 e. The largest absolute Gasteiger partial charge is 0.416 e. The van der Waals surface area contributed by atoms with Crippen LogP contribution in [0.1, 0.15) is 22.8 Å². The van der Waals surface area contributed by atoms with Crippen LogP contribution in [0.25, 0.3) is 0 Å². The first-order chi connectivity index (χ1) is 6.84. The van der Waals surface area contributed by atoms with E-state index in [-0.39, 0.29) is 10.9 Å². The molecule has 0 fully saturated rings. The second kappa shape index (κ2) is 4.53. The SMILES string of the molecule is Cc1cc(C(O)CBr)cc(C(F)(F)F)c1. The molecule has 0 amide bonds. The molecule has 1 unspecified atom stereocenters. The molecular formula is C10H10BrF3O. The molecule has 1 N–H and O–H groups in total. The highest BCUT2D eigenvalue weighted by Crippen LogP contribution is 2.32. The predicted molar refractivity (Wildman–Crippen MR) is 54.9 cm³/mol. The fraction of sp³-hybridized carbons (Fsp3) is 0.400. The summed E-state index contributed by atoms with van der Waals surface area (Å²) in [6, 6.07) is 3.57. The van der Waals surface area contributed by atoms with Crippen LogP contribution < -0.4 is 0 Å². The lowest BCUT2D eigenvalue weighted by molar-refractivity contribution is -0.137. The van der Waals surface area contributed by atoms with Gasteiger partial charge in [-0.2, -0.15) is 13.2 Å². The monoisotopic (exact) mass is 282 g/mol. The highest BCUT2D eigenvalue weighted by atomic mass is 79.9. The molecule has 1 aromatic carbocycles.